The summed E-state index contributed by atoms with van der Waals surface area (Å²) in [4.78, 5) is 0.727. The number of hydrogen-bond donors (Lipinski definition) is 3. The van der Waals surface area contributed by atoms with Crippen molar-refractivity contribution in [3.05, 3.63) is 40.2 Å². The summed E-state index contributed by atoms with van der Waals surface area (Å²) in [5.41, 5.74) is 0.204. The van der Waals surface area contributed by atoms with E-state index in [0.717, 1.165) is 17.4 Å². The Morgan fingerprint density at radius 1 is 1.21 bits per heavy atom. The second-order valence-electron chi connectivity index (χ2n) is 5.84. The molecule has 0 bridgehead atoms. The number of alkyl halides is 3. The highest BCUT2D eigenvalue weighted by Gasteiger charge is 2.33. The fraction of sp³-hybridized carbons (Fsp3) is 0.333. The van der Waals surface area contributed by atoms with Crippen LogP contribution in [0, 0.1) is 6.92 Å². The summed E-state index contributed by atoms with van der Waals surface area (Å²) in [6, 6.07) is 3.82. The number of aromatic nitrogens is 4. The van der Waals surface area contributed by atoms with Crippen molar-refractivity contribution in [1.29, 1.82) is 0 Å². The molecule has 0 radical (unpaired) electrons. The third-order valence-electron chi connectivity index (χ3n) is 3.72. The summed E-state index contributed by atoms with van der Waals surface area (Å²) < 4.78 is 70.7. The third-order valence-corrected chi connectivity index (χ3v) is 6.45. The van der Waals surface area contributed by atoms with Gasteiger partial charge in [-0.05, 0) is 25.1 Å². The van der Waals surface area contributed by atoms with E-state index in [1.807, 2.05) is 5.10 Å². The molecule has 0 aliphatic carbocycles. The molecule has 8 nitrogen and oxygen atoms in total. The summed E-state index contributed by atoms with van der Waals surface area (Å²) >= 11 is 1.04. The van der Waals surface area contributed by atoms with Crippen LogP contribution in [0.4, 0.5) is 13.2 Å². The van der Waals surface area contributed by atoms with Crippen molar-refractivity contribution in [3.63, 3.8) is 0 Å². The van der Waals surface area contributed by atoms with E-state index < -0.39 is 21.9 Å². The van der Waals surface area contributed by atoms with Crippen LogP contribution in [-0.2, 0) is 34.1 Å². The Bertz CT molecular complexity index is 1070. The van der Waals surface area contributed by atoms with Crippen molar-refractivity contribution in [2.75, 3.05) is 7.11 Å². The topological polar surface area (TPSA) is 113 Å². The molecule has 13 heteroatoms. The van der Waals surface area contributed by atoms with Gasteiger partial charge in [-0.2, -0.15) is 23.4 Å². The molecule has 3 rings (SSSR count). The van der Waals surface area contributed by atoms with Gasteiger partial charge in [0.2, 0.25) is 10.0 Å². The highest BCUT2D eigenvalue weighted by atomic mass is 32.2. The van der Waals surface area contributed by atoms with Gasteiger partial charge < -0.3 is 4.74 Å². The number of ether oxygens (including phenoxy) is 1. The summed E-state index contributed by atoms with van der Waals surface area (Å²) in [5, 5.41) is 12.2. The molecule has 0 aromatic carbocycles. The first-order chi connectivity index (χ1) is 13.1. The lowest BCUT2D eigenvalue weighted by atomic mass is 10.3. The number of rotatable bonds is 7. The van der Waals surface area contributed by atoms with Crippen LogP contribution in [0.2, 0.25) is 0 Å². The van der Waals surface area contributed by atoms with Gasteiger partial charge in [0.1, 0.15) is 11.4 Å². The van der Waals surface area contributed by atoms with E-state index in [9.17, 15) is 21.6 Å². The summed E-state index contributed by atoms with van der Waals surface area (Å²) in [6.45, 7) is 1.84. The lowest BCUT2D eigenvalue weighted by Crippen LogP contribution is -2.23. The van der Waals surface area contributed by atoms with Gasteiger partial charge >= 0.3 is 6.18 Å². The number of H-pyrrole nitrogens is 2. The zero-order chi connectivity index (χ0) is 20.5. The van der Waals surface area contributed by atoms with Gasteiger partial charge in [0.05, 0.1) is 34.3 Å². The average molecular weight is 435 g/mol. The van der Waals surface area contributed by atoms with E-state index in [2.05, 4.69) is 20.0 Å². The van der Waals surface area contributed by atoms with Gasteiger partial charge in [-0.1, -0.05) is 0 Å². The minimum absolute atomic E-state index is 0.0169. The van der Waals surface area contributed by atoms with Crippen LogP contribution >= 0.6 is 11.3 Å². The summed E-state index contributed by atoms with van der Waals surface area (Å²) in [6.07, 6.45) is -4.56. The summed E-state index contributed by atoms with van der Waals surface area (Å²) in [5.74, 6) is 0. The van der Waals surface area contributed by atoms with Crippen LogP contribution in [0.25, 0.3) is 10.6 Å². The van der Waals surface area contributed by atoms with Crippen LogP contribution < -0.4 is 4.72 Å². The van der Waals surface area contributed by atoms with Crippen molar-refractivity contribution in [2.24, 2.45) is 0 Å². The molecule has 0 saturated carbocycles. The standard InChI is InChI=1S/C15H16F3N5O3S2/c1-8-13(5-12(27-8)11-4-14(23-22-11)15(16,17)18)28(24,25)19-6-9-3-10(7-26-2)21-20-9/h3-5,19H,6-7H2,1-2H3,(H,20,21)(H,22,23). The molecular formula is C15H16F3N5O3S2. The number of halogens is 3. The monoisotopic (exact) mass is 435 g/mol. The predicted octanol–water partition coefficient (Wildman–Crippen LogP) is 2.81. The number of aromatic amines is 2. The molecule has 28 heavy (non-hydrogen) atoms. The van der Waals surface area contributed by atoms with E-state index in [-0.39, 0.29) is 17.1 Å². The lowest BCUT2D eigenvalue weighted by Gasteiger charge is -2.04. The van der Waals surface area contributed by atoms with Crippen molar-refractivity contribution in [1.82, 2.24) is 25.1 Å². The molecule has 0 saturated heterocycles. The van der Waals surface area contributed by atoms with Crippen molar-refractivity contribution in [3.8, 4) is 10.6 Å². The van der Waals surface area contributed by atoms with E-state index in [1.54, 1.807) is 13.0 Å². The fourth-order valence-corrected chi connectivity index (χ4v) is 4.98. The molecule has 3 heterocycles. The fourth-order valence-electron chi connectivity index (χ4n) is 2.43. The number of hydrogen-bond acceptors (Lipinski definition) is 6. The van der Waals surface area contributed by atoms with Gasteiger partial charge in [-0.3, -0.25) is 10.2 Å². The smallest absolute Gasteiger partial charge is 0.378 e. The normalized spacial score (nSPS) is 12.6. The maximum atomic E-state index is 12.7. The Labute approximate surface area is 162 Å². The van der Waals surface area contributed by atoms with Crippen LogP contribution in [0.15, 0.2) is 23.1 Å². The Hall–Kier alpha value is -2.22. The molecule has 3 N–H and O–H groups in total. The largest absolute Gasteiger partial charge is 0.432 e. The van der Waals surface area contributed by atoms with Crippen LogP contribution in [0.3, 0.4) is 0 Å². The number of nitrogens with zero attached hydrogens (tertiary/aromatic N) is 2. The Balaban J connectivity index is 1.78. The van der Waals surface area contributed by atoms with Crippen LogP contribution in [0.5, 0.6) is 0 Å². The van der Waals surface area contributed by atoms with Crippen LogP contribution in [0.1, 0.15) is 22.0 Å². The highest BCUT2D eigenvalue weighted by molar-refractivity contribution is 7.89. The first kappa shape index (κ1) is 20.5. The SMILES string of the molecule is COCc1cc(CNS(=O)(=O)c2cc(-c3cc(C(F)(F)F)[nH]n3)sc2C)n[nH]1. The van der Waals surface area contributed by atoms with Gasteiger partial charge in [0, 0.05) is 12.0 Å². The minimum atomic E-state index is -4.56. The molecule has 0 atom stereocenters. The van der Waals surface area contributed by atoms with Gasteiger partial charge in [0.25, 0.3) is 0 Å². The van der Waals surface area contributed by atoms with Crippen molar-refractivity contribution >= 4 is 21.4 Å². The van der Waals surface area contributed by atoms with Crippen molar-refractivity contribution in [2.45, 2.75) is 31.1 Å². The molecule has 3 aromatic heterocycles. The van der Waals surface area contributed by atoms with Gasteiger partial charge in [0.15, 0.2) is 0 Å². The zero-order valence-electron chi connectivity index (χ0n) is 14.7. The second kappa shape index (κ2) is 7.66. The molecule has 0 aliphatic rings. The molecule has 0 aliphatic heterocycles. The Morgan fingerprint density at radius 3 is 2.61 bits per heavy atom. The molecule has 0 fully saturated rings. The Morgan fingerprint density at radius 2 is 1.96 bits per heavy atom. The zero-order valence-corrected chi connectivity index (χ0v) is 16.3. The molecule has 0 spiro atoms. The van der Waals surface area contributed by atoms with Gasteiger partial charge in [-0.15, -0.1) is 11.3 Å². The first-order valence-electron chi connectivity index (χ1n) is 7.85. The lowest BCUT2D eigenvalue weighted by molar-refractivity contribution is -0.141. The van der Waals surface area contributed by atoms with Gasteiger partial charge in [-0.25, -0.2) is 13.1 Å². The number of aryl methyl sites for hydroxylation is 1. The highest BCUT2D eigenvalue weighted by Crippen LogP contribution is 2.35. The molecule has 0 amide bonds. The maximum Gasteiger partial charge on any atom is 0.432 e. The number of nitrogens with one attached hydrogen (secondary N) is 3. The van der Waals surface area contributed by atoms with E-state index >= 15 is 0 Å². The third kappa shape index (κ3) is 4.43. The Kier molecular flexibility index (Phi) is 5.61. The van der Waals surface area contributed by atoms with Crippen molar-refractivity contribution < 1.29 is 26.3 Å². The maximum absolute atomic E-state index is 12.7. The molecule has 3 aromatic rings. The first-order valence-corrected chi connectivity index (χ1v) is 10.2. The average Bonchev–Trinajstić information content (AvgIpc) is 3.31. The van der Waals surface area contributed by atoms with E-state index in [1.165, 1.54) is 13.2 Å². The summed E-state index contributed by atoms with van der Waals surface area (Å²) in [7, 11) is -2.36. The second-order valence-corrected chi connectivity index (χ2v) is 8.83. The van der Waals surface area contributed by atoms with E-state index in [4.69, 9.17) is 4.74 Å². The number of sulfonamides is 1. The quantitative estimate of drug-likeness (QED) is 0.528. The molecule has 0 unspecified atom stereocenters. The van der Waals surface area contributed by atoms with Crippen LogP contribution in [-0.4, -0.2) is 35.9 Å². The number of methoxy groups -OCH3 is 1. The molecular weight excluding hydrogens is 419 g/mol. The van der Waals surface area contributed by atoms with E-state index in [0.29, 0.717) is 27.7 Å². The number of thiophene rings is 1. The predicted molar refractivity (Wildman–Crippen MR) is 95.0 cm³/mol. The molecule has 152 valence electrons. The minimum Gasteiger partial charge on any atom is -0.378 e.